The van der Waals surface area contributed by atoms with Crippen LogP contribution in [0.3, 0.4) is 0 Å². The second kappa shape index (κ2) is 13.8. The lowest BCUT2D eigenvalue weighted by Crippen LogP contribution is -2.46. The zero-order valence-corrected chi connectivity index (χ0v) is 24.7. The van der Waals surface area contributed by atoms with Gasteiger partial charge in [0.2, 0.25) is 13.2 Å². The first-order chi connectivity index (χ1) is 20.5. The number of benzene rings is 2. The van der Waals surface area contributed by atoms with Crippen LogP contribution in [0.4, 0.5) is 11.5 Å². The number of carbonyl (C=O) groups is 1. The Morgan fingerprint density at radius 3 is 2.71 bits per heavy atom. The van der Waals surface area contributed by atoms with Crippen molar-refractivity contribution in [3.05, 3.63) is 35.1 Å². The van der Waals surface area contributed by atoms with Gasteiger partial charge in [0, 0.05) is 52.0 Å². The van der Waals surface area contributed by atoms with Gasteiger partial charge >= 0.3 is 0 Å². The lowest BCUT2D eigenvalue weighted by atomic mass is 10.1. The summed E-state index contributed by atoms with van der Waals surface area (Å²) in [6.45, 7) is 8.97. The van der Waals surface area contributed by atoms with Gasteiger partial charge in [0.1, 0.15) is 35.9 Å². The van der Waals surface area contributed by atoms with Gasteiger partial charge in [0.25, 0.3) is 0 Å². The molecule has 0 radical (unpaired) electrons. The van der Waals surface area contributed by atoms with Gasteiger partial charge in [0.15, 0.2) is 11.5 Å². The summed E-state index contributed by atoms with van der Waals surface area (Å²) in [6.07, 6.45) is 3.15. The van der Waals surface area contributed by atoms with Gasteiger partial charge in [-0.25, -0.2) is 9.97 Å². The minimum absolute atomic E-state index is 0.0468. The first kappa shape index (κ1) is 29.5. The summed E-state index contributed by atoms with van der Waals surface area (Å²) < 4.78 is 28.8. The number of aromatic nitrogens is 2. The predicted molar refractivity (Wildman–Crippen MR) is 159 cm³/mol. The molecule has 0 atom stereocenters. The molecule has 1 amide bonds. The van der Waals surface area contributed by atoms with Crippen molar-refractivity contribution in [2.24, 2.45) is 0 Å². The largest absolute Gasteiger partial charge is 0.493 e. The maximum absolute atomic E-state index is 10.9. The van der Waals surface area contributed by atoms with E-state index in [1.165, 1.54) is 6.33 Å². The van der Waals surface area contributed by atoms with Crippen molar-refractivity contribution in [3.8, 4) is 34.8 Å². The molecule has 2 aromatic carbocycles. The highest BCUT2D eigenvalue weighted by Gasteiger charge is 2.26. The van der Waals surface area contributed by atoms with Crippen LogP contribution in [0, 0.1) is 11.8 Å². The number of rotatable bonds is 11. The Kier molecular flexibility index (Phi) is 9.69. The van der Waals surface area contributed by atoms with Gasteiger partial charge in [-0.1, -0.05) is 23.4 Å². The maximum Gasteiger partial charge on any atom is 0.231 e. The summed E-state index contributed by atoms with van der Waals surface area (Å²) >= 11 is 6.70. The number of amides is 1. The van der Waals surface area contributed by atoms with Crippen molar-refractivity contribution in [2.75, 3.05) is 65.2 Å². The minimum Gasteiger partial charge on any atom is -0.493 e. The van der Waals surface area contributed by atoms with Gasteiger partial charge in [0.05, 0.1) is 34.2 Å². The third kappa shape index (κ3) is 6.90. The number of hydrogen-bond donors (Lipinski definition) is 1. The fourth-order valence-electron chi connectivity index (χ4n) is 4.79. The van der Waals surface area contributed by atoms with Gasteiger partial charge in [-0.05, 0) is 26.3 Å². The number of ether oxygens (including phenoxy) is 5. The van der Waals surface area contributed by atoms with Crippen molar-refractivity contribution in [1.29, 1.82) is 0 Å². The Hall–Kier alpha value is -3.98. The van der Waals surface area contributed by atoms with Crippen molar-refractivity contribution in [1.82, 2.24) is 19.8 Å². The van der Waals surface area contributed by atoms with E-state index < -0.39 is 0 Å². The molecule has 2 aliphatic rings. The fourth-order valence-corrected chi connectivity index (χ4v) is 5.04. The van der Waals surface area contributed by atoms with Crippen molar-refractivity contribution >= 4 is 40.4 Å². The molecule has 0 aliphatic carbocycles. The molecular formula is C30H34ClN5O6. The molecule has 3 aromatic rings. The highest BCUT2D eigenvalue weighted by molar-refractivity contribution is 6.34. The summed E-state index contributed by atoms with van der Waals surface area (Å²) in [4.78, 5) is 24.1. The van der Waals surface area contributed by atoms with Crippen molar-refractivity contribution < 1.29 is 28.5 Å². The van der Waals surface area contributed by atoms with E-state index in [0.29, 0.717) is 62.6 Å². The number of hydrogen-bond acceptors (Lipinski definition) is 10. The molecule has 0 saturated carbocycles. The van der Waals surface area contributed by atoms with E-state index in [9.17, 15) is 4.79 Å². The molecule has 3 heterocycles. The van der Waals surface area contributed by atoms with Crippen LogP contribution in [-0.4, -0.2) is 92.1 Å². The zero-order valence-electron chi connectivity index (χ0n) is 23.9. The van der Waals surface area contributed by atoms with E-state index in [2.05, 4.69) is 32.0 Å². The molecule has 11 nitrogen and oxygen atoms in total. The minimum atomic E-state index is -0.101. The number of nitrogens with zero attached hydrogens (tertiary/aromatic N) is 4. The lowest BCUT2D eigenvalue weighted by molar-refractivity contribution is -0.119. The zero-order chi connectivity index (χ0) is 29.5. The first-order valence-corrected chi connectivity index (χ1v) is 14.2. The number of methoxy groups -OCH3 is 1. The maximum atomic E-state index is 10.9. The molecule has 1 N–H and O–H groups in total. The third-order valence-electron chi connectivity index (χ3n) is 6.76. The molecule has 2 aliphatic heterocycles. The highest BCUT2D eigenvalue weighted by Crippen LogP contribution is 2.48. The topological polar surface area (TPSA) is 108 Å². The second-order valence-electron chi connectivity index (χ2n) is 10.1. The number of fused-ring (bicyclic) bond motifs is 2. The van der Waals surface area contributed by atoms with Crippen LogP contribution in [0.25, 0.3) is 10.9 Å². The van der Waals surface area contributed by atoms with Crippen molar-refractivity contribution in [3.63, 3.8) is 0 Å². The molecule has 5 rings (SSSR count). The van der Waals surface area contributed by atoms with Crippen LogP contribution < -0.4 is 24.3 Å². The van der Waals surface area contributed by atoms with E-state index in [0.717, 1.165) is 45.6 Å². The molecule has 0 unspecified atom stereocenters. The van der Waals surface area contributed by atoms with Crippen LogP contribution in [0.15, 0.2) is 24.5 Å². The Bertz CT molecular complexity index is 1480. The van der Waals surface area contributed by atoms with Crippen LogP contribution >= 0.6 is 11.6 Å². The number of halogens is 1. The third-order valence-corrected chi connectivity index (χ3v) is 7.06. The Morgan fingerprint density at radius 2 is 1.95 bits per heavy atom. The summed E-state index contributed by atoms with van der Waals surface area (Å²) in [5, 5.41) is 4.40. The van der Waals surface area contributed by atoms with Crippen LogP contribution in [0.5, 0.6) is 23.0 Å². The normalized spacial score (nSPS) is 14.5. The van der Waals surface area contributed by atoms with E-state index in [1.807, 2.05) is 26.0 Å². The van der Waals surface area contributed by atoms with Crippen molar-refractivity contribution in [2.45, 2.75) is 26.4 Å². The molecule has 222 valence electrons. The fraction of sp³-hybridized carbons (Fsp3) is 0.433. The molecule has 0 spiro atoms. The smallest absolute Gasteiger partial charge is 0.231 e. The molecule has 1 fully saturated rings. The van der Waals surface area contributed by atoms with Gasteiger partial charge in [-0.2, -0.15) is 0 Å². The number of nitrogens with one attached hydrogen (secondary N) is 1. The SMILES string of the molecule is COCC#Cc1cc(Cl)c(Nc2ncnc3cc(OCCCN4CCN(C=O)CC4)cc(OC(C)C)c23)c2c1OCO2. The molecule has 1 aromatic heterocycles. The monoisotopic (exact) mass is 595 g/mol. The standard InChI is InChI=1S/C30H34ClN5O6/c1-20(2)42-25-16-22(39-13-5-7-35-8-10-36(18-37)11-9-35)15-24-26(25)30(33-17-32-24)34-27-23(31)14-21(6-4-12-38-3)28-29(27)41-19-40-28/h14-18,20H,5,7-13,19H2,1-3H3,(H,32,33,34). The van der Waals surface area contributed by atoms with E-state index in [4.69, 9.17) is 35.3 Å². The highest BCUT2D eigenvalue weighted by atomic mass is 35.5. The quantitative estimate of drug-likeness (QED) is 0.198. The summed E-state index contributed by atoms with van der Waals surface area (Å²) in [6, 6.07) is 5.46. The van der Waals surface area contributed by atoms with Crippen LogP contribution in [0.1, 0.15) is 25.8 Å². The van der Waals surface area contributed by atoms with E-state index in [1.54, 1.807) is 18.1 Å². The summed E-state index contributed by atoms with van der Waals surface area (Å²) in [5.74, 6) is 8.63. The average molecular weight is 596 g/mol. The van der Waals surface area contributed by atoms with E-state index in [-0.39, 0.29) is 19.5 Å². The average Bonchev–Trinajstić information content (AvgIpc) is 3.47. The van der Waals surface area contributed by atoms with Gasteiger partial charge in [-0.15, -0.1) is 0 Å². The number of carbonyl (C=O) groups excluding carboxylic acids is 1. The Balaban J connectivity index is 1.37. The Morgan fingerprint density at radius 1 is 1.14 bits per heavy atom. The number of anilines is 2. The molecule has 0 bridgehead atoms. The second-order valence-corrected chi connectivity index (χ2v) is 10.5. The molecule has 42 heavy (non-hydrogen) atoms. The lowest BCUT2D eigenvalue weighted by Gasteiger charge is -2.32. The first-order valence-electron chi connectivity index (χ1n) is 13.8. The van der Waals surface area contributed by atoms with Gasteiger partial charge < -0.3 is 33.9 Å². The van der Waals surface area contributed by atoms with Gasteiger partial charge in [-0.3, -0.25) is 9.69 Å². The Labute approximate surface area is 250 Å². The molecule has 1 saturated heterocycles. The number of piperazine rings is 1. The summed E-state index contributed by atoms with van der Waals surface area (Å²) in [7, 11) is 1.58. The van der Waals surface area contributed by atoms with E-state index >= 15 is 0 Å². The molecular weight excluding hydrogens is 562 g/mol. The van der Waals surface area contributed by atoms with Crippen LogP contribution in [-0.2, 0) is 9.53 Å². The summed E-state index contributed by atoms with van der Waals surface area (Å²) in [5.41, 5.74) is 1.76. The predicted octanol–water partition coefficient (Wildman–Crippen LogP) is 4.08. The molecule has 12 heteroatoms. The van der Waals surface area contributed by atoms with Crippen LogP contribution in [0.2, 0.25) is 5.02 Å².